The first-order valence-corrected chi connectivity index (χ1v) is 12.4. The first-order valence-electron chi connectivity index (χ1n) is 11.4. The number of amides is 2. The lowest BCUT2D eigenvalue weighted by atomic mass is 10.1. The first kappa shape index (κ1) is 25.3. The Morgan fingerprint density at radius 3 is 2.58 bits per heavy atom. The van der Waals surface area contributed by atoms with Gasteiger partial charge in [-0.1, -0.05) is 35.5 Å². The Balaban J connectivity index is 1.33. The number of halogens is 2. The van der Waals surface area contributed by atoms with Crippen LogP contribution in [-0.2, 0) is 9.59 Å². The predicted molar refractivity (Wildman–Crippen MR) is 141 cm³/mol. The van der Waals surface area contributed by atoms with Gasteiger partial charge in [-0.15, -0.1) is 0 Å². The lowest BCUT2D eigenvalue weighted by molar-refractivity contribution is -0.114. The lowest BCUT2D eigenvalue weighted by Crippen LogP contribution is -2.31. The van der Waals surface area contributed by atoms with Crippen LogP contribution in [-0.4, -0.2) is 36.1 Å². The number of aryl methyl sites for hydroxylation is 1. The Labute approximate surface area is 220 Å². The molecular formula is C27H21F2N3O5S. The summed E-state index contributed by atoms with van der Waals surface area (Å²) >= 11 is 1.10. The van der Waals surface area contributed by atoms with Crippen LogP contribution in [0.5, 0.6) is 17.2 Å². The molecule has 0 atom stereocenters. The molecule has 8 nitrogen and oxygen atoms in total. The van der Waals surface area contributed by atoms with Gasteiger partial charge in [0.15, 0.2) is 16.7 Å². The van der Waals surface area contributed by atoms with Gasteiger partial charge in [-0.25, -0.2) is 4.99 Å². The number of aliphatic imine (C=N–C) groups is 1. The highest BCUT2D eigenvalue weighted by molar-refractivity contribution is 8.14. The quantitative estimate of drug-likeness (QED) is 0.404. The summed E-state index contributed by atoms with van der Waals surface area (Å²) in [5.41, 5.74) is 3.00. The van der Waals surface area contributed by atoms with Gasteiger partial charge in [0.25, 0.3) is 5.91 Å². The first-order chi connectivity index (χ1) is 18.4. The molecule has 2 amide bonds. The third-order valence-corrected chi connectivity index (χ3v) is 6.46. The standard InChI is InChI=1S/C27H21F2N3O5S/c1-16-2-7-19(8-3-16)32-25(34)21(12-17-4-11-22-23(13-17)36-15-35-22)31-27(32)38-14-24(33)30-18-5-9-20(10-6-18)37-26(28)29/h2-13,26H,14-15H2,1H3,(H,30,33)/b21-12+. The number of alkyl halides is 2. The topological polar surface area (TPSA) is 89.5 Å². The van der Waals surface area contributed by atoms with E-state index >= 15 is 0 Å². The fraction of sp³-hybridized carbons (Fsp3) is 0.148. The number of thioether (sulfide) groups is 1. The molecule has 0 aromatic heterocycles. The summed E-state index contributed by atoms with van der Waals surface area (Å²) in [6.45, 7) is -0.840. The minimum Gasteiger partial charge on any atom is -0.454 e. The van der Waals surface area contributed by atoms with Crippen LogP contribution in [0.15, 0.2) is 77.4 Å². The number of carbonyl (C=O) groups excluding carboxylic acids is 2. The van der Waals surface area contributed by atoms with Gasteiger partial charge in [-0.3, -0.25) is 14.5 Å². The number of anilines is 2. The van der Waals surface area contributed by atoms with Gasteiger partial charge in [-0.05, 0) is 67.1 Å². The summed E-state index contributed by atoms with van der Waals surface area (Å²) in [7, 11) is 0. The summed E-state index contributed by atoms with van der Waals surface area (Å²) in [6.07, 6.45) is 1.65. The largest absolute Gasteiger partial charge is 0.454 e. The molecule has 0 unspecified atom stereocenters. The summed E-state index contributed by atoms with van der Waals surface area (Å²) in [4.78, 5) is 32.0. The van der Waals surface area contributed by atoms with Crippen molar-refractivity contribution >= 4 is 46.2 Å². The third-order valence-electron chi connectivity index (χ3n) is 5.52. The minimum absolute atomic E-state index is 0.0123. The molecule has 0 saturated carbocycles. The number of hydrogen-bond donors (Lipinski definition) is 1. The lowest BCUT2D eigenvalue weighted by Gasteiger charge is -2.18. The van der Waals surface area contributed by atoms with Crippen molar-refractivity contribution in [2.75, 3.05) is 22.8 Å². The molecule has 1 N–H and O–H groups in total. The molecule has 38 heavy (non-hydrogen) atoms. The molecule has 0 radical (unpaired) electrons. The van der Waals surface area contributed by atoms with Crippen molar-refractivity contribution in [1.82, 2.24) is 0 Å². The SMILES string of the molecule is Cc1ccc(N2C(=O)/C(=C\c3ccc4c(c3)OCO4)N=C2SCC(=O)Nc2ccc(OC(F)F)cc2)cc1. The van der Waals surface area contributed by atoms with Crippen molar-refractivity contribution in [1.29, 1.82) is 0 Å². The van der Waals surface area contributed by atoms with E-state index in [2.05, 4.69) is 15.0 Å². The van der Waals surface area contributed by atoms with Gasteiger partial charge in [0.05, 0.1) is 11.4 Å². The predicted octanol–water partition coefficient (Wildman–Crippen LogP) is 5.44. The van der Waals surface area contributed by atoms with Crippen molar-refractivity contribution in [2.45, 2.75) is 13.5 Å². The molecule has 3 aromatic rings. The molecule has 11 heteroatoms. The number of ether oxygens (including phenoxy) is 3. The fourth-order valence-electron chi connectivity index (χ4n) is 3.72. The molecule has 2 aliphatic rings. The van der Waals surface area contributed by atoms with Gasteiger partial charge in [0.1, 0.15) is 11.4 Å². The number of hydrogen-bond acceptors (Lipinski definition) is 7. The van der Waals surface area contributed by atoms with Crippen LogP contribution in [0.4, 0.5) is 20.2 Å². The van der Waals surface area contributed by atoms with E-state index in [1.54, 1.807) is 24.3 Å². The number of amidine groups is 1. The zero-order valence-corrected chi connectivity index (χ0v) is 20.8. The third kappa shape index (κ3) is 5.78. The molecule has 5 rings (SSSR count). The van der Waals surface area contributed by atoms with Crippen LogP contribution < -0.4 is 24.4 Å². The maximum Gasteiger partial charge on any atom is 0.387 e. The van der Waals surface area contributed by atoms with Crippen molar-refractivity contribution in [3.05, 3.63) is 83.6 Å². The number of nitrogens with one attached hydrogen (secondary N) is 1. The van der Waals surface area contributed by atoms with Gasteiger partial charge in [0, 0.05) is 5.69 Å². The van der Waals surface area contributed by atoms with E-state index in [9.17, 15) is 18.4 Å². The van der Waals surface area contributed by atoms with E-state index in [4.69, 9.17) is 9.47 Å². The summed E-state index contributed by atoms with van der Waals surface area (Å²) in [6, 6.07) is 18.3. The second-order valence-corrected chi connectivity index (χ2v) is 9.19. The number of rotatable bonds is 7. The van der Waals surface area contributed by atoms with Crippen LogP contribution >= 0.6 is 11.8 Å². The van der Waals surface area contributed by atoms with E-state index in [0.29, 0.717) is 33.6 Å². The Kier molecular flexibility index (Phi) is 7.27. The minimum atomic E-state index is -2.93. The van der Waals surface area contributed by atoms with E-state index in [0.717, 1.165) is 17.3 Å². The monoisotopic (exact) mass is 537 g/mol. The molecule has 0 spiro atoms. The van der Waals surface area contributed by atoms with Crippen molar-refractivity contribution in [3.8, 4) is 17.2 Å². The number of carbonyl (C=O) groups is 2. The highest BCUT2D eigenvalue weighted by atomic mass is 32.2. The molecule has 2 heterocycles. The fourth-order valence-corrected chi connectivity index (χ4v) is 4.53. The molecule has 0 saturated heterocycles. The smallest absolute Gasteiger partial charge is 0.387 e. The second-order valence-electron chi connectivity index (χ2n) is 8.25. The molecule has 0 bridgehead atoms. The molecule has 0 aliphatic carbocycles. The highest BCUT2D eigenvalue weighted by Gasteiger charge is 2.32. The van der Waals surface area contributed by atoms with Crippen molar-refractivity contribution in [2.24, 2.45) is 4.99 Å². The normalized spacial score (nSPS) is 15.3. The zero-order chi connectivity index (χ0) is 26.6. The van der Waals surface area contributed by atoms with Crippen LogP contribution in [0, 0.1) is 6.92 Å². The highest BCUT2D eigenvalue weighted by Crippen LogP contribution is 2.34. The summed E-state index contributed by atoms with van der Waals surface area (Å²) in [5.74, 6) is 0.481. The molecule has 2 aliphatic heterocycles. The van der Waals surface area contributed by atoms with Crippen LogP contribution in [0.3, 0.4) is 0 Å². The average molecular weight is 538 g/mol. The van der Waals surface area contributed by atoms with Gasteiger partial charge < -0.3 is 19.5 Å². The Bertz CT molecular complexity index is 1430. The summed E-state index contributed by atoms with van der Waals surface area (Å²) < 4.78 is 39.7. The Morgan fingerprint density at radius 1 is 1.11 bits per heavy atom. The number of fused-ring (bicyclic) bond motifs is 1. The van der Waals surface area contributed by atoms with Crippen LogP contribution in [0.2, 0.25) is 0 Å². The van der Waals surface area contributed by atoms with Crippen LogP contribution in [0.1, 0.15) is 11.1 Å². The molecule has 194 valence electrons. The van der Waals surface area contributed by atoms with Crippen molar-refractivity contribution in [3.63, 3.8) is 0 Å². The maximum atomic E-state index is 13.4. The van der Waals surface area contributed by atoms with E-state index in [-0.39, 0.29) is 35.8 Å². The summed E-state index contributed by atoms with van der Waals surface area (Å²) in [5, 5.41) is 3.04. The maximum absolute atomic E-state index is 13.4. The zero-order valence-electron chi connectivity index (χ0n) is 20.0. The van der Waals surface area contributed by atoms with Gasteiger partial charge in [0.2, 0.25) is 12.7 Å². The molecule has 3 aromatic carbocycles. The Hall–Kier alpha value is -4.38. The molecule has 0 fully saturated rings. The van der Waals surface area contributed by atoms with E-state index < -0.39 is 6.61 Å². The molecular weight excluding hydrogens is 516 g/mol. The van der Waals surface area contributed by atoms with Crippen molar-refractivity contribution < 1.29 is 32.6 Å². The number of nitrogens with zero attached hydrogens (tertiary/aromatic N) is 2. The van der Waals surface area contributed by atoms with E-state index in [1.165, 1.54) is 29.2 Å². The van der Waals surface area contributed by atoms with Gasteiger partial charge in [-0.2, -0.15) is 8.78 Å². The second kappa shape index (κ2) is 10.9. The average Bonchev–Trinajstić information content (AvgIpc) is 3.48. The van der Waals surface area contributed by atoms with E-state index in [1.807, 2.05) is 31.2 Å². The number of benzene rings is 3. The van der Waals surface area contributed by atoms with Gasteiger partial charge >= 0.3 is 6.61 Å². The Morgan fingerprint density at radius 2 is 1.84 bits per heavy atom. The van der Waals surface area contributed by atoms with Crippen LogP contribution in [0.25, 0.3) is 6.08 Å².